The van der Waals surface area contributed by atoms with E-state index in [0.29, 0.717) is 30.0 Å². The molecule has 3 rings (SSSR count). The number of amides is 1. The molecule has 134 valence electrons. The highest BCUT2D eigenvalue weighted by molar-refractivity contribution is 7.09. The van der Waals surface area contributed by atoms with E-state index in [0.717, 1.165) is 16.3 Å². The minimum Gasteiger partial charge on any atom is -0.493 e. The molecule has 1 amide bonds. The molecule has 0 aliphatic carbocycles. The second-order valence-corrected chi connectivity index (χ2v) is 6.42. The number of aromatic nitrogens is 2. The van der Waals surface area contributed by atoms with E-state index in [1.54, 1.807) is 56.1 Å². The molecule has 0 fully saturated rings. The Hall–Kier alpha value is -2.93. The van der Waals surface area contributed by atoms with Crippen molar-refractivity contribution in [2.75, 3.05) is 19.5 Å². The van der Waals surface area contributed by atoms with E-state index in [9.17, 15) is 4.79 Å². The van der Waals surface area contributed by atoms with E-state index in [-0.39, 0.29) is 5.91 Å². The van der Waals surface area contributed by atoms with Gasteiger partial charge in [0.15, 0.2) is 11.5 Å². The van der Waals surface area contributed by atoms with Crippen LogP contribution in [0.25, 0.3) is 11.3 Å². The molecule has 26 heavy (non-hydrogen) atoms. The second-order valence-electron chi connectivity index (χ2n) is 5.48. The fourth-order valence-electron chi connectivity index (χ4n) is 2.44. The zero-order chi connectivity index (χ0) is 18.4. The summed E-state index contributed by atoms with van der Waals surface area (Å²) in [6.45, 7) is 0. The number of methoxy groups -OCH3 is 2. The van der Waals surface area contributed by atoms with Crippen molar-refractivity contribution in [3.8, 4) is 22.8 Å². The molecule has 7 heteroatoms. The van der Waals surface area contributed by atoms with E-state index in [4.69, 9.17) is 9.47 Å². The van der Waals surface area contributed by atoms with Crippen LogP contribution in [0.4, 0.5) is 5.69 Å². The molecule has 0 bridgehead atoms. The molecule has 6 nitrogen and oxygen atoms in total. The summed E-state index contributed by atoms with van der Waals surface area (Å²) >= 11 is 1.56. The monoisotopic (exact) mass is 369 g/mol. The number of ether oxygens (including phenoxy) is 2. The maximum Gasteiger partial charge on any atom is 0.224 e. The van der Waals surface area contributed by atoms with Crippen LogP contribution < -0.4 is 14.8 Å². The minimum absolute atomic E-state index is 0.0714. The lowest BCUT2D eigenvalue weighted by atomic mass is 10.2. The predicted molar refractivity (Wildman–Crippen MR) is 102 cm³/mol. The quantitative estimate of drug-likeness (QED) is 0.686. The van der Waals surface area contributed by atoms with Gasteiger partial charge in [-0.05, 0) is 24.3 Å². The number of hydrogen-bond donors (Lipinski definition) is 1. The van der Waals surface area contributed by atoms with Crippen LogP contribution in [-0.4, -0.2) is 30.1 Å². The SMILES string of the molecule is COc1ccc(NC(=O)CCc2nc(-c3ccncc3)cs2)cc1OC. The third kappa shape index (κ3) is 4.37. The highest BCUT2D eigenvalue weighted by atomic mass is 32.1. The number of benzene rings is 1. The number of rotatable bonds is 7. The molecule has 0 atom stereocenters. The molecule has 0 spiro atoms. The van der Waals surface area contributed by atoms with Gasteiger partial charge in [-0.3, -0.25) is 9.78 Å². The first-order chi connectivity index (χ1) is 12.7. The maximum atomic E-state index is 12.2. The van der Waals surface area contributed by atoms with Crippen molar-refractivity contribution in [2.45, 2.75) is 12.8 Å². The molecular weight excluding hydrogens is 350 g/mol. The number of anilines is 1. The summed E-state index contributed by atoms with van der Waals surface area (Å²) in [5.74, 6) is 1.13. The van der Waals surface area contributed by atoms with Gasteiger partial charge in [0, 0.05) is 47.9 Å². The molecule has 0 radical (unpaired) electrons. The zero-order valence-electron chi connectivity index (χ0n) is 14.6. The third-order valence-corrected chi connectivity index (χ3v) is 4.67. The average Bonchev–Trinajstić information content (AvgIpc) is 3.16. The molecule has 2 aromatic heterocycles. The van der Waals surface area contributed by atoms with Gasteiger partial charge in [0.05, 0.1) is 24.9 Å². The summed E-state index contributed by atoms with van der Waals surface area (Å²) in [6, 6.07) is 9.12. The van der Waals surface area contributed by atoms with Crippen LogP contribution >= 0.6 is 11.3 Å². The summed E-state index contributed by atoms with van der Waals surface area (Å²) in [5.41, 5.74) is 2.61. The smallest absolute Gasteiger partial charge is 0.224 e. The van der Waals surface area contributed by atoms with Gasteiger partial charge < -0.3 is 14.8 Å². The number of thiazole rings is 1. The second kappa shape index (κ2) is 8.44. The van der Waals surface area contributed by atoms with Crippen molar-refractivity contribution in [3.05, 3.63) is 53.1 Å². The summed E-state index contributed by atoms with van der Waals surface area (Å²) in [5, 5.41) is 5.80. The van der Waals surface area contributed by atoms with Gasteiger partial charge in [0.1, 0.15) is 0 Å². The number of nitrogens with zero attached hydrogens (tertiary/aromatic N) is 2. The van der Waals surface area contributed by atoms with Crippen molar-refractivity contribution in [3.63, 3.8) is 0 Å². The van der Waals surface area contributed by atoms with Crippen LogP contribution in [0.15, 0.2) is 48.1 Å². The highest BCUT2D eigenvalue weighted by Crippen LogP contribution is 2.29. The lowest BCUT2D eigenvalue weighted by Crippen LogP contribution is -2.12. The normalized spacial score (nSPS) is 10.4. The lowest BCUT2D eigenvalue weighted by Gasteiger charge is -2.10. The standard InChI is InChI=1S/C19H19N3O3S/c1-24-16-4-3-14(11-17(16)25-2)21-18(23)5-6-19-22-15(12-26-19)13-7-9-20-10-8-13/h3-4,7-12H,5-6H2,1-2H3,(H,21,23). The van der Waals surface area contributed by atoms with Crippen LogP contribution in [0.5, 0.6) is 11.5 Å². The first kappa shape index (κ1) is 17.9. The molecule has 3 aromatic rings. The summed E-state index contributed by atoms with van der Waals surface area (Å²) in [6.07, 6.45) is 4.43. The van der Waals surface area contributed by atoms with Crippen LogP contribution in [-0.2, 0) is 11.2 Å². The van der Waals surface area contributed by atoms with Crippen molar-refractivity contribution in [2.24, 2.45) is 0 Å². The summed E-state index contributed by atoms with van der Waals surface area (Å²) in [7, 11) is 3.14. The van der Waals surface area contributed by atoms with E-state index in [2.05, 4.69) is 15.3 Å². The largest absolute Gasteiger partial charge is 0.493 e. The molecule has 1 N–H and O–H groups in total. The van der Waals surface area contributed by atoms with Crippen molar-refractivity contribution in [1.82, 2.24) is 9.97 Å². The van der Waals surface area contributed by atoms with Crippen LogP contribution in [0.3, 0.4) is 0 Å². The topological polar surface area (TPSA) is 73.3 Å². The Morgan fingerprint density at radius 3 is 2.62 bits per heavy atom. The molecule has 0 aliphatic rings. The molecule has 0 saturated carbocycles. The summed E-state index contributed by atoms with van der Waals surface area (Å²) < 4.78 is 10.4. The minimum atomic E-state index is -0.0714. The Kier molecular flexibility index (Phi) is 5.80. The van der Waals surface area contributed by atoms with Gasteiger partial charge >= 0.3 is 0 Å². The lowest BCUT2D eigenvalue weighted by molar-refractivity contribution is -0.116. The Balaban J connectivity index is 1.57. The Morgan fingerprint density at radius 1 is 1.12 bits per heavy atom. The van der Waals surface area contributed by atoms with Crippen molar-refractivity contribution in [1.29, 1.82) is 0 Å². The van der Waals surface area contributed by atoms with E-state index >= 15 is 0 Å². The van der Waals surface area contributed by atoms with Crippen molar-refractivity contribution >= 4 is 22.9 Å². The van der Waals surface area contributed by atoms with Crippen LogP contribution in [0.2, 0.25) is 0 Å². The van der Waals surface area contributed by atoms with Gasteiger partial charge in [-0.2, -0.15) is 0 Å². The molecule has 0 saturated heterocycles. The van der Waals surface area contributed by atoms with Crippen LogP contribution in [0, 0.1) is 0 Å². The van der Waals surface area contributed by atoms with Gasteiger partial charge in [-0.15, -0.1) is 11.3 Å². The van der Waals surface area contributed by atoms with Crippen molar-refractivity contribution < 1.29 is 14.3 Å². The fourth-order valence-corrected chi connectivity index (χ4v) is 3.25. The Bertz CT molecular complexity index is 881. The third-order valence-electron chi connectivity index (χ3n) is 3.76. The number of carbonyl (C=O) groups is 1. The number of nitrogens with one attached hydrogen (secondary N) is 1. The number of carbonyl (C=O) groups excluding carboxylic acids is 1. The molecule has 1 aromatic carbocycles. The Labute approximate surface area is 155 Å². The van der Waals surface area contributed by atoms with E-state index in [1.807, 2.05) is 17.5 Å². The molecule has 0 aliphatic heterocycles. The predicted octanol–water partition coefficient (Wildman–Crippen LogP) is 3.79. The average molecular weight is 369 g/mol. The molecule has 0 unspecified atom stereocenters. The number of aryl methyl sites for hydroxylation is 1. The maximum absolute atomic E-state index is 12.2. The van der Waals surface area contributed by atoms with Gasteiger partial charge in [0.25, 0.3) is 0 Å². The first-order valence-corrected chi connectivity index (χ1v) is 8.94. The van der Waals surface area contributed by atoms with E-state index < -0.39 is 0 Å². The molecule has 2 heterocycles. The fraction of sp³-hybridized carbons (Fsp3) is 0.211. The molecular formula is C19H19N3O3S. The Morgan fingerprint density at radius 2 is 1.88 bits per heavy atom. The van der Waals surface area contributed by atoms with E-state index in [1.165, 1.54) is 0 Å². The number of pyridine rings is 1. The summed E-state index contributed by atoms with van der Waals surface area (Å²) in [4.78, 5) is 20.8. The van der Waals surface area contributed by atoms with Gasteiger partial charge in [-0.25, -0.2) is 4.98 Å². The number of hydrogen-bond acceptors (Lipinski definition) is 6. The van der Waals surface area contributed by atoms with Gasteiger partial charge in [0.2, 0.25) is 5.91 Å². The first-order valence-electron chi connectivity index (χ1n) is 8.06. The van der Waals surface area contributed by atoms with Crippen LogP contribution in [0.1, 0.15) is 11.4 Å². The highest BCUT2D eigenvalue weighted by Gasteiger charge is 2.10. The zero-order valence-corrected chi connectivity index (χ0v) is 15.4. The van der Waals surface area contributed by atoms with Gasteiger partial charge in [-0.1, -0.05) is 0 Å².